The monoisotopic (exact) mass is 370 g/mol. The lowest BCUT2D eigenvalue weighted by Gasteiger charge is -2.12. The quantitative estimate of drug-likeness (QED) is 0.602. The molecule has 0 unspecified atom stereocenters. The van der Waals surface area contributed by atoms with E-state index in [0.29, 0.717) is 10.7 Å². The van der Waals surface area contributed by atoms with Crippen molar-refractivity contribution in [3.8, 4) is 5.69 Å². The molecule has 6 nitrogen and oxygen atoms in total. The highest BCUT2D eigenvalue weighted by Crippen LogP contribution is 2.15. The van der Waals surface area contributed by atoms with Crippen LogP contribution in [0.15, 0.2) is 64.4 Å². The van der Waals surface area contributed by atoms with Crippen LogP contribution in [0.4, 0.5) is 4.39 Å². The highest BCUT2D eigenvalue weighted by atomic mass is 35.5. The van der Waals surface area contributed by atoms with Crippen LogP contribution in [0.1, 0.15) is 5.56 Å². The van der Waals surface area contributed by atoms with Crippen molar-refractivity contribution in [1.29, 1.82) is 0 Å². The molecule has 0 bridgehead atoms. The second kappa shape index (κ2) is 6.27. The second-order valence-corrected chi connectivity index (χ2v) is 6.11. The van der Waals surface area contributed by atoms with Gasteiger partial charge in [0.25, 0.3) is 5.56 Å². The third kappa shape index (κ3) is 2.62. The molecule has 0 spiro atoms. The first-order valence-electron chi connectivity index (χ1n) is 7.74. The number of aromatic amines is 1. The molecule has 0 radical (unpaired) electrons. The predicted octanol–water partition coefficient (Wildman–Crippen LogP) is 2.72. The molecule has 130 valence electrons. The van der Waals surface area contributed by atoms with Crippen LogP contribution in [0.2, 0.25) is 5.02 Å². The first kappa shape index (κ1) is 16.3. The lowest BCUT2D eigenvalue weighted by atomic mass is 10.2. The summed E-state index contributed by atoms with van der Waals surface area (Å²) < 4.78 is 16.3. The summed E-state index contributed by atoms with van der Waals surface area (Å²) >= 11 is 5.91. The summed E-state index contributed by atoms with van der Waals surface area (Å²) in [4.78, 5) is 32.6. The molecular weight excluding hydrogens is 359 g/mol. The van der Waals surface area contributed by atoms with Crippen LogP contribution < -0.4 is 11.2 Å². The predicted molar refractivity (Wildman–Crippen MR) is 96.5 cm³/mol. The van der Waals surface area contributed by atoms with E-state index in [1.54, 1.807) is 36.4 Å². The van der Waals surface area contributed by atoms with Crippen LogP contribution in [-0.2, 0) is 6.54 Å². The number of fused-ring (bicyclic) bond motifs is 1. The molecule has 0 atom stereocenters. The van der Waals surface area contributed by atoms with E-state index in [0.717, 1.165) is 4.57 Å². The Labute approximate surface area is 151 Å². The molecule has 0 saturated carbocycles. The highest BCUT2D eigenvalue weighted by Gasteiger charge is 2.17. The highest BCUT2D eigenvalue weighted by molar-refractivity contribution is 6.30. The smallest absolute Gasteiger partial charge is 0.337 e. The first-order chi connectivity index (χ1) is 12.6. The van der Waals surface area contributed by atoms with Crippen LogP contribution >= 0.6 is 11.6 Å². The Balaban J connectivity index is 2.00. The van der Waals surface area contributed by atoms with Gasteiger partial charge in [0, 0.05) is 10.6 Å². The van der Waals surface area contributed by atoms with Crippen molar-refractivity contribution in [2.24, 2.45) is 0 Å². The summed E-state index contributed by atoms with van der Waals surface area (Å²) in [5.74, 6) is -0.485. The molecule has 0 saturated heterocycles. The van der Waals surface area contributed by atoms with Crippen molar-refractivity contribution < 1.29 is 4.39 Å². The number of hydrogen-bond acceptors (Lipinski definition) is 3. The average molecular weight is 371 g/mol. The number of halogens is 2. The number of nitrogens with one attached hydrogen (secondary N) is 1. The molecule has 8 heteroatoms. The Hall–Kier alpha value is -3.19. The number of rotatable bonds is 3. The van der Waals surface area contributed by atoms with Gasteiger partial charge in [-0.2, -0.15) is 0 Å². The fraction of sp³-hybridized carbons (Fsp3) is 0.0556. The van der Waals surface area contributed by atoms with Gasteiger partial charge >= 0.3 is 5.69 Å². The van der Waals surface area contributed by atoms with Gasteiger partial charge in [0.15, 0.2) is 5.65 Å². The van der Waals surface area contributed by atoms with Crippen LogP contribution in [0.5, 0.6) is 0 Å². The van der Waals surface area contributed by atoms with E-state index in [-0.39, 0.29) is 23.3 Å². The van der Waals surface area contributed by atoms with E-state index in [4.69, 9.17) is 11.6 Å². The minimum Gasteiger partial charge on any atom is -0.339 e. The van der Waals surface area contributed by atoms with Gasteiger partial charge in [-0.1, -0.05) is 29.8 Å². The fourth-order valence-electron chi connectivity index (χ4n) is 2.81. The summed E-state index contributed by atoms with van der Waals surface area (Å²) in [7, 11) is 0. The van der Waals surface area contributed by atoms with E-state index in [9.17, 15) is 14.0 Å². The van der Waals surface area contributed by atoms with Gasteiger partial charge in [0.1, 0.15) is 11.3 Å². The zero-order valence-corrected chi connectivity index (χ0v) is 14.1. The van der Waals surface area contributed by atoms with E-state index in [1.807, 2.05) is 0 Å². The summed E-state index contributed by atoms with van der Waals surface area (Å²) in [6, 6.07) is 12.6. The van der Waals surface area contributed by atoms with Crippen molar-refractivity contribution in [3.63, 3.8) is 0 Å². The lowest BCUT2D eigenvalue weighted by molar-refractivity contribution is 0.587. The standard InChI is InChI=1S/C18H12ClFN4O2/c19-12-5-7-13(8-6-12)24-16-15(21-10-22-16)17(25)23(18(24)26)9-11-3-1-2-4-14(11)20/h1-8,10H,9H2,(H,21,22). The van der Waals surface area contributed by atoms with Crippen molar-refractivity contribution in [2.75, 3.05) is 0 Å². The Morgan fingerprint density at radius 1 is 1.08 bits per heavy atom. The molecule has 2 aromatic heterocycles. The number of benzene rings is 2. The van der Waals surface area contributed by atoms with Gasteiger partial charge in [0.2, 0.25) is 0 Å². The van der Waals surface area contributed by atoms with Crippen molar-refractivity contribution in [2.45, 2.75) is 6.54 Å². The molecule has 1 N–H and O–H groups in total. The number of nitrogens with zero attached hydrogens (tertiary/aromatic N) is 3. The third-order valence-corrected chi connectivity index (χ3v) is 4.34. The fourth-order valence-corrected chi connectivity index (χ4v) is 2.93. The molecule has 4 aromatic rings. The topological polar surface area (TPSA) is 72.7 Å². The molecule has 0 aliphatic heterocycles. The number of aromatic nitrogens is 4. The first-order valence-corrected chi connectivity index (χ1v) is 8.12. The largest absolute Gasteiger partial charge is 0.339 e. The maximum absolute atomic E-state index is 14.0. The van der Waals surface area contributed by atoms with Gasteiger partial charge in [-0.3, -0.25) is 9.36 Å². The third-order valence-electron chi connectivity index (χ3n) is 4.08. The lowest BCUT2D eigenvalue weighted by Crippen LogP contribution is -2.40. The summed E-state index contributed by atoms with van der Waals surface area (Å²) in [6.45, 7) is -0.188. The van der Waals surface area contributed by atoms with Gasteiger partial charge in [0.05, 0.1) is 18.6 Å². The summed E-state index contributed by atoms with van der Waals surface area (Å²) in [5, 5.41) is 0.514. The summed E-state index contributed by atoms with van der Waals surface area (Å²) in [6.07, 6.45) is 1.34. The SMILES string of the molecule is O=c1c2[nH]cnc2n(-c2ccc(Cl)cc2)c(=O)n1Cc1ccccc1F. The van der Waals surface area contributed by atoms with E-state index >= 15 is 0 Å². The molecule has 0 aliphatic carbocycles. The molecule has 0 amide bonds. The van der Waals surface area contributed by atoms with Crippen molar-refractivity contribution in [3.05, 3.63) is 92.1 Å². The summed E-state index contributed by atoms with van der Waals surface area (Å²) in [5.41, 5.74) is -0.0638. The molecule has 0 aliphatic rings. The number of hydrogen-bond donors (Lipinski definition) is 1. The Bertz CT molecular complexity index is 1220. The zero-order valence-electron chi connectivity index (χ0n) is 13.3. The minimum absolute atomic E-state index is 0.163. The van der Waals surface area contributed by atoms with Crippen molar-refractivity contribution in [1.82, 2.24) is 19.1 Å². The van der Waals surface area contributed by atoms with Crippen LogP contribution in [0.3, 0.4) is 0 Å². The maximum Gasteiger partial charge on any atom is 0.337 e. The Morgan fingerprint density at radius 2 is 1.81 bits per heavy atom. The average Bonchev–Trinajstić information content (AvgIpc) is 3.11. The number of H-pyrrole nitrogens is 1. The Morgan fingerprint density at radius 3 is 2.54 bits per heavy atom. The van der Waals surface area contributed by atoms with E-state index < -0.39 is 17.1 Å². The van der Waals surface area contributed by atoms with Crippen LogP contribution in [-0.4, -0.2) is 19.1 Å². The molecule has 0 fully saturated rings. The maximum atomic E-state index is 14.0. The van der Waals surface area contributed by atoms with Gasteiger partial charge in [-0.25, -0.2) is 18.7 Å². The normalized spacial score (nSPS) is 11.2. The van der Waals surface area contributed by atoms with Gasteiger partial charge in [-0.05, 0) is 30.3 Å². The molecule has 26 heavy (non-hydrogen) atoms. The van der Waals surface area contributed by atoms with Crippen LogP contribution in [0, 0.1) is 5.82 Å². The minimum atomic E-state index is -0.611. The van der Waals surface area contributed by atoms with E-state index in [2.05, 4.69) is 9.97 Å². The Kier molecular flexibility index (Phi) is 3.93. The van der Waals surface area contributed by atoms with Gasteiger partial charge < -0.3 is 4.98 Å². The molecule has 4 rings (SSSR count). The molecular formula is C18H12ClFN4O2. The number of imidazole rings is 1. The zero-order chi connectivity index (χ0) is 18.3. The van der Waals surface area contributed by atoms with Crippen LogP contribution in [0.25, 0.3) is 16.9 Å². The van der Waals surface area contributed by atoms with Crippen molar-refractivity contribution >= 4 is 22.8 Å². The second-order valence-electron chi connectivity index (χ2n) is 5.68. The molecule has 2 heterocycles. The molecule has 2 aromatic carbocycles. The van der Waals surface area contributed by atoms with E-state index in [1.165, 1.54) is 23.0 Å². The van der Waals surface area contributed by atoms with Gasteiger partial charge in [-0.15, -0.1) is 0 Å².